The summed E-state index contributed by atoms with van der Waals surface area (Å²) >= 11 is 0. The van der Waals surface area contributed by atoms with Crippen LogP contribution in [0.3, 0.4) is 0 Å². The molecule has 7 heteroatoms. The van der Waals surface area contributed by atoms with Crippen LogP contribution in [0, 0.1) is 6.92 Å². The molecule has 6 nitrogen and oxygen atoms in total. The van der Waals surface area contributed by atoms with Crippen LogP contribution >= 0.6 is 0 Å². The summed E-state index contributed by atoms with van der Waals surface area (Å²) in [7, 11) is -2.21. The number of carbonyl (C=O) groups is 1. The van der Waals surface area contributed by atoms with Crippen molar-refractivity contribution in [1.29, 1.82) is 0 Å². The Morgan fingerprint density at radius 1 is 0.966 bits per heavy atom. The van der Waals surface area contributed by atoms with Crippen molar-refractivity contribution in [3.63, 3.8) is 0 Å². The Bertz CT molecular complexity index is 1100. The summed E-state index contributed by atoms with van der Waals surface area (Å²) in [5, 5.41) is 2.76. The van der Waals surface area contributed by atoms with Crippen LogP contribution in [-0.4, -0.2) is 21.4 Å². The van der Waals surface area contributed by atoms with Crippen molar-refractivity contribution in [2.45, 2.75) is 18.4 Å². The largest absolute Gasteiger partial charge is 0.497 e. The van der Waals surface area contributed by atoms with Crippen molar-refractivity contribution < 1.29 is 17.9 Å². The Labute approximate surface area is 170 Å². The quantitative estimate of drug-likeness (QED) is 0.622. The lowest BCUT2D eigenvalue weighted by Gasteiger charge is -2.12. The van der Waals surface area contributed by atoms with Crippen molar-refractivity contribution in [2.24, 2.45) is 0 Å². The molecule has 0 saturated carbocycles. The summed E-state index contributed by atoms with van der Waals surface area (Å²) in [6.45, 7) is 1.87. The van der Waals surface area contributed by atoms with Crippen molar-refractivity contribution in [3.05, 3.63) is 89.5 Å². The zero-order chi connectivity index (χ0) is 20.9. The van der Waals surface area contributed by atoms with Crippen LogP contribution < -0.4 is 14.8 Å². The van der Waals surface area contributed by atoms with Gasteiger partial charge in [0.05, 0.1) is 12.0 Å². The van der Waals surface area contributed by atoms with Crippen LogP contribution in [0.25, 0.3) is 0 Å². The van der Waals surface area contributed by atoms with E-state index in [4.69, 9.17) is 4.74 Å². The van der Waals surface area contributed by atoms with Crippen LogP contribution in [0.2, 0.25) is 0 Å². The number of anilines is 1. The molecule has 0 fully saturated rings. The first-order valence-electron chi connectivity index (χ1n) is 8.99. The van der Waals surface area contributed by atoms with Gasteiger partial charge in [-0.2, -0.15) is 0 Å². The van der Waals surface area contributed by atoms with E-state index >= 15 is 0 Å². The maximum Gasteiger partial charge on any atom is 0.255 e. The molecular formula is C22H22N2O4S. The number of amides is 1. The minimum Gasteiger partial charge on any atom is -0.497 e. The monoisotopic (exact) mass is 410 g/mol. The second kappa shape index (κ2) is 8.89. The van der Waals surface area contributed by atoms with E-state index in [1.807, 2.05) is 30.3 Å². The zero-order valence-electron chi connectivity index (χ0n) is 16.2. The van der Waals surface area contributed by atoms with Gasteiger partial charge in [0.1, 0.15) is 5.75 Å². The molecule has 150 valence electrons. The maximum atomic E-state index is 12.8. The molecule has 0 spiro atoms. The first-order valence-corrected chi connectivity index (χ1v) is 10.5. The van der Waals surface area contributed by atoms with Gasteiger partial charge in [-0.15, -0.1) is 0 Å². The molecule has 0 aromatic heterocycles. The predicted octanol–water partition coefficient (Wildman–Crippen LogP) is 3.73. The Balaban J connectivity index is 1.78. The number of aryl methyl sites for hydroxylation is 1. The van der Waals surface area contributed by atoms with Crippen molar-refractivity contribution in [1.82, 2.24) is 4.72 Å². The molecule has 3 aromatic carbocycles. The van der Waals surface area contributed by atoms with Crippen molar-refractivity contribution in [2.75, 3.05) is 12.4 Å². The van der Waals surface area contributed by atoms with Crippen molar-refractivity contribution in [3.8, 4) is 5.75 Å². The van der Waals surface area contributed by atoms with E-state index in [1.165, 1.54) is 6.07 Å². The van der Waals surface area contributed by atoms with Gasteiger partial charge in [0.2, 0.25) is 10.0 Å². The van der Waals surface area contributed by atoms with Crippen LogP contribution in [0.4, 0.5) is 5.69 Å². The third-order valence-corrected chi connectivity index (χ3v) is 5.94. The molecule has 0 heterocycles. The smallest absolute Gasteiger partial charge is 0.255 e. The summed E-state index contributed by atoms with van der Waals surface area (Å²) in [5.74, 6) is 0.283. The molecule has 0 aliphatic carbocycles. The molecule has 0 saturated heterocycles. The SMILES string of the molecule is COc1ccc(NC(=O)c2ccc(C)c(S(=O)(=O)NCc3ccccc3)c2)cc1. The number of hydrogen-bond donors (Lipinski definition) is 2. The highest BCUT2D eigenvalue weighted by Gasteiger charge is 2.19. The summed E-state index contributed by atoms with van der Waals surface area (Å²) in [6, 6.07) is 20.7. The molecule has 3 rings (SSSR count). The number of ether oxygens (including phenoxy) is 1. The standard InChI is InChI=1S/C22H22N2O4S/c1-16-8-9-18(22(25)24-19-10-12-20(28-2)13-11-19)14-21(16)29(26,27)23-15-17-6-4-3-5-7-17/h3-14,23H,15H2,1-2H3,(H,24,25). The number of carbonyl (C=O) groups excluding carboxylic acids is 1. The lowest BCUT2D eigenvalue weighted by molar-refractivity contribution is 0.102. The highest BCUT2D eigenvalue weighted by Crippen LogP contribution is 2.20. The van der Waals surface area contributed by atoms with E-state index in [1.54, 1.807) is 50.4 Å². The second-order valence-corrected chi connectivity index (χ2v) is 8.21. The lowest BCUT2D eigenvalue weighted by Crippen LogP contribution is -2.24. The van der Waals surface area contributed by atoms with Gasteiger partial charge in [-0.1, -0.05) is 36.4 Å². The Hall–Kier alpha value is -3.16. The number of hydrogen-bond acceptors (Lipinski definition) is 4. The van der Waals surface area contributed by atoms with Crippen molar-refractivity contribution >= 4 is 21.6 Å². The third kappa shape index (κ3) is 5.22. The predicted molar refractivity (Wildman–Crippen MR) is 113 cm³/mol. The van der Waals surface area contributed by atoms with Gasteiger partial charge in [-0.25, -0.2) is 13.1 Å². The van der Waals surface area contributed by atoms with Crippen LogP contribution in [0.1, 0.15) is 21.5 Å². The van der Waals surface area contributed by atoms with Gasteiger partial charge >= 0.3 is 0 Å². The molecule has 3 aromatic rings. The molecule has 29 heavy (non-hydrogen) atoms. The molecule has 0 aliphatic rings. The number of benzene rings is 3. The summed E-state index contributed by atoms with van der Waals surface area (Å²) in [4.78, 5) is 12.7. The highest BCUT2D eigenvalue weighted by molar-refractivity contribution is 7.89. The van der Waals surface area contributed by atoms with E-state index < -0.39 is 15.9 Å². The van der Waals surface area contributed by atoms with E-state index in [-0.39, 0.29) is 17.0 Å². The summed E-state index contributed by atoms with van der Waals surface area (Å²) in [5.41, 5.74) is 2.25. The van der Waals surface area contributed by atoms with Gasteiger partial charge in [0.25, 0.3) is 5.91 Å². The van der Waals surface area contributed by atoms with Gasteiger partial charge in [0.15, 0.2) is 0 Å². The Morgan fingerprint density at radius 3 is 2.31 bits per heavy atom. The van der Waals surface area contributed by atoms with Crippen LogP contribution in [-0.2, 0) is 16.6 Å². The topological polar surface area (TPSA) is 84.5 Å². The minimum absolute atomic E-state index is 0.0795. The average molecular weight is 410 g/mol. The van der Waals surface area contributed by atoms with Crippen LogP contribution in [0.15, 0.2) is 77.7 Å². The molecule has 0 unspecified atom stereocenters. The van der Waals surface area contributed by atoms with Gasteiger partial charge in [-0.05, 0) is 54.4 Å². The molecule has 0 radical (unpaired) electrons. The van der Waals surface area contributed by atoms with Gasteiger partial charge in [0, 0.05) is 17.8 Å². The van der Waals surface area contributed by atoms with E-state index in [0.29, 0.717) is 17.0 Å². The summed E-state index contributed by atoms with van der Waals surface area (Å²) < 4.78 is 33.2. The van der Waals surface area contributed by atoms with E-state index in [2.05, 4.69) is 10.0 Å². The normalized spacial score (nSPS) is 11.1. The molecule has 0 aliphatic heterocycles. The first-order chi connectivity index (χ1) is 13.9. The fourth-order valence-corrected chi connectivity index (χ4v) is 4.05. The second-order valence-electron chi connectivity index (χ2n) is 6.47. The molecule has 0 atom stereocenters. The number of sulfonamides is 1. The Morgan fingerprint density at radius 2 is 1.66 bits per heavy atom. The fourth-order valence-electron chi connectivity index (χ4n) is 2.76. The average Bonchev–Trinajstić information content (AvgIpc) is 2.74. The van der Waals surface area contributed by atoms with Gasteiger partial charge in [-0.3, -0.25) is 4.79 Å². The third-order valence-electron chi connectivity index (χ3n) is 4.40. The Kier molecular flexibility index (Phi) is 6.31. The molecular weight excluding hydrogens is 388 g/mol. The number of methoxy groups -OCH3 is 1. The van der Waals surface area contributed by atoms with E-state index in [9.17, 15) is 13.2 Å². The minimum atomic E-state index is -3.77. The molecule has 2 N–H and O–H groups in total. The number of rotatable bonds is 7. The molecule has 0 bridgehead atoms. The van der Waals surface area contributed by atoms with Gasteiger partial charge < -0.3 is 10.1 Å². The highest BCUT2D eigenvalue weighted by atomic mass is 32.2. The fraction of sp³-hybridized carbons (Fsp3) is 0.136. The lowest BCUT2D eigenvalue weighted by atomic mass is 10.1. The van der Waals surface area contributed by atoms with E-state index in [0.717, 1.165) is 5.56 Å². The van der Waals surface area contributed by atoms with Crippen LogP contribution in [0.5, 0.6) is 5.75 Å². The maximum absolute atomic E-state index is 12.8. The summed E-state index contributed by atoms with van der Waals surface area (Å²) in [6.07, 6.45) is 0. The number of nitrogens with one attached hydrogen (secondary N) is 2. The first kappa shape index (κ1) is 20.6. The zero-order valence-corrected chi connectivity index (χ0v) is 17.0. The molecule has 1 amide bonds.